The molecule has 0 saturated carbocycles. The molecule has 1 saturated heterocycles. The molecule has 20 heavy (non-hydrogen) atoms. The average Bonchev–Trinajstić information content (AvgIpc) is 2.41. The number of nitrogens with two attached hydrogens (primary N) is 1. The second-order valence-electron chi connectivity index (χ2n) is 4.82. The lowest BCUT2D eigenvalue weighted by Gasteiger charge is -2.48. The van der Waals surface area contributed by atoms with Crippen molar-refractivity contribution >= 4 is 18.5 Å². The smallest absolute Gasteiger partial charge is 0.410 e. The van der Waals surface area contributed by atoms with Crippen LogP contribution in [0.15, 0.2) is 30.3 Å². The van der Waals surface area contributed by atoms with Gasteiger partial charge in [-0.05, 0) is 18.5 Å². The van der Waals surface area contributed by atoms with Gasteiger partial charge in [0.15, 0.2) is 0 Å². The van der Waals surface area contributed by atoms with E-state index in [1.807, 2.05) is 30.3 Å². The molecule has 0 spiro atoms. The minimum absolute atomic E-state index is 0. The van der Waals surface area contributed by atoms with E-state index >= 15 is 0 Å². The van der Waals surface area contributed by atoms with Gasteiger partial charge in [0.2, 0.25) is 0 Å². The fourth-order valence-electron chi connectivity index (χ4n) is 2.24. The van der Waals surface area contributed by atoms with E-state index in [2.05, 4.69) is 0 Å². The van der Waals surface area contributed by atoms with Crippen molar-refractivity contribution < 1.29 is 14.3 Å². The Labute approximate surface area is 125 Å². The molecule has 0 radical (unpaired) electrons. The number of nitrogens with zero attached hydrogens (tertiary/aromatic N) is 1. The summed E-state index contributed by atoms with van der Waals surface area (Å²) >= 11 is 0. The highest BCUT2D eigenvalue weighted by molar-refractivity contribution is 5.85. The highest BCUT2D eigenvalue weighted by Crippen LogP contribution is 2.28. The number of hydrogen-bond acceptors (Lipinski definition) is 4. The Bertz CT molecular complexity index is 422. The monoisotopic (exact) mass is 300 g/mol. The molecule has 6 heteroatoms. The molecule has 1 heterocycles. The summed E-state index contributed by atoms with van der Waals surface area (Å²) in [5.74, 6) is 0. The number of ether oxygens (including phenoxy) is 2. The van der Waals surface area contributed by atoms with E-state index in [-0.39, 0.29) is 24.1 Å². The fraction of sp³-hybridized carbons (Fsp3) is 0.500. The molecule has 112 valence electrons. The highest BCUT2D eigenvalue weighted by atomic mass is 35.5. The number of carbonyl (C=O) groups excluding carboxylic acids is 1. The molecule has 5 nitrogen and oxygen atoms in total. The van der Waals surface area contributed by atoms with E-state index in [0.717, 1.165) is 12.0 Å². The zero-order valence-electron chi connectivity index (χ0n) is 11.6. The first kappa shape index (κ1) is 16.8. The molecule has 0 aromatic heterocycles. The summed E-state index contributed by atoms with van der Waals surface area (Å²) in [5, 5.41) is 0. The van der Waals surface area contributed by atoms with E-state index in [1.165, 1.54) is 0 Å². The number of hydrogen-bond donors (Lipinski definition) is 1. The van der Waals surface area contributed by atoms with Gasteiger partial charge in [-0.1, -0.05) is 30.3 Å². The van der Waals surface area contributed by atoms with Crippen molar-refractivity contribution in [3.8, 4) is 0 Å². The lowest BCUT2D eigenvalue weighted by molar-refractivity contribution is -0.118. The molecule has 1 aliphatic heterocycles. The van der Waals surface area contributed by atoms with Crippen LogP contribution in [0.3, 0.4) is 0 Å². The Morgan fingerprint density at radius 1 is 1.35 bits per heavy atom. The SMILES string of the molecule is COC1(CCN)CN(C(=O)OCc2ccccc2)C1.Cl. The van der Waals surface area contributed by atoms with Crippen molar-refractivity contribution in [3.05, 3.63) is 35.9 Å². The van der Waals surface area contributed by atoms with Gasteiger partial charge in [-0.3, -0.25) is 0 Å². The molecule has 1 aromatic rings. The van der Waals surface area contributed by atoms with Crippen LogP contribution < -0.4 is 5.73 Å². The number of likely N-dealkylation sites (tertiary alicyclic amines) is 1. The van der Waals surface area contributed by atoms with Crippen LogP contribution >= 0.6 is 12.4 Å². The molecule has 1 fully saturated rings. The summed E-state index contributed by atoms with van der Waals surface area (Å²) in [6, 6.07) is 9.63. The molecule has 2 N–H and O–H groups in total. The van der Waals surface area contributed by atoms with Crippen molar-refractivity contribution in [1.82, 2.24) is 4.90 Å². The predicted octanol–water partition coefficient (Wildman–Crippen LogP) is 1.79. The zero-order valence-corrected chi connectivity index (χ0v) is 12.4. The first-order valence-electron chi connectivity index (χ1n) is 6.40. The predicted molar refractivity (Wildman–Crippen MR) is 78.9 cm³/mol. The quantitative estimate of drug-likeness (QED) is 0.900. The lowest BCUT2D eigenvalue weighted by Crippen LogP contribution is -2.65. The molecular formula is C14H21ClN2O3. The van der Waals surface area contributed by atoms with E-state index < -0.39 is 0 Å². The maximum atomic E-state index is 11.8. The third-order valence-electron chi connectivity index (χ3n) is 3.45. The molecule has 2 rings (SSSR count). The number of methoxy groups -OCH3 is 1. The van der Waals surface area contributed by atoms with Crippen LogP contribution in [0.5, 0.6) is 0 Å². The topological polar surface area (TPSA) is 64.8 Å². The van der Waals surface area contributed by atoms with E-state index in [9.17, 15) is 4.79 Å². The summed E-state index contributed by atoms with van der Waals surface area (Å²) < 4.78 is 10.7. The molecular weight excluding hydrogens is 280 g/mol. The van der Waals surface area contributed by atoms with Gasteiger partial charge in [-0.15, -0.1) is 12.4 Å². The summed E-state index contributed by atoms with van der Waals surface area (Å²) in [6.45, 7) is 1.95. The molecule has 0 bridgehead atoms. The van der Waals surface area contributed by atoms with Crippen LogP contribution in [0.2, 0.25) is 0 Å². The molecule has 1 aliphatic rings. The van der Waals surface area contributed by atoms with E-state index in [1.54, 1.807) is 12.0 Å². The van der Waals surface area contributed by atoms with Crippen LogP contribution in [0, 0.1) is 0 Å². The summed E-state index contributed by atoms with van der Waals surface area (Å²) in [6.07, 6.45) is 0.458. The largest absolute Gasteiger partial charge is 0.445 e. The van der Waals surface area contributed by atoms with Gasteiger partial charge in [0.05, 0.1) is 13.1 Å². The first-order valence-corrected chi connectivity index (χ1v) is 6.40. The Kier molecular flexibility index (Phi) is 6.26. The normalized spacial score (nSPS) is 16.0. The standard InChI is InChI=1S/C14H20N2O3.ClH/c1-18-14(7-8-15)10-16(11-14)13(17)19-9-12-5-3-2-4-6-12;/h2-6H,7-11,15H2,1H3;1H. The van der Waals surface area contributed by atoms with Crippen molar-refractivity contribution in [2.75, 3.05) is 26.7 Å². The second kappa shape index (κ2) is 7.47. The summed E-state index contributed by atoms with van der Waals surface area (Å²) in [4.78, 5) is 13.5. The van der Waals surface area contributed by atoms with Gasteiger partial charge in [-0.2, -0.15) is 0 Å². The van der Waals surface area contributed by atoms with Gasteiger partial charge in [-0.25, -0.2) is 4.79 Å². The number of amides is 1. The Morgan fingerprint density at radius 3 is 2.55 bits per heavy atom. The number of benzene rings is 1. The second-order valence-corrected chi connectivity index (χ2v) is 4.82. The average molecular weight is 301 g/mol. The minimum Gasteiger partial charge on any atom is -0.445 e. The first-order chi connectivity index (χ1) is 9.19. The molecule has 0 atom stereocenters. The number of carbonyl (C=O) groups is 1. The van der Waals surface area contributed by atoms with Crippen LogP contribution in [-0.4, -0.2) is 43.3 Å². The van der Waals surface area contributed by atoms with Crippen LogP contribution in [-0.2, 0) is 16.1 Å². The Morgan fingerprint density at radius 2 is 2.00 bits per heavy atom. The van der Waals surface area contributed by atoms with Crippen LogP contribution in [0.1, 0.15) is 12.0 Å². The van der Waals surface area contributed by atoms with Crippen molar-refractivity contribution in [1.29, 1.82) is 0 Å². The minimum atomic E-state index is -0.298. The van der Waals surface area contributed by atoms with E-state index in [4.69, 9.17) is 15.2 Å². The number of halogens is 1. The highest BCUT2D eigenvalue weighted by Gasteiger charge is 2.45. The lowest BCUT2D eigenvalue weighted by atomic mass is 9.90. The van der Waals surface area contributed by atoms with Gasteiger partial charge in [0.25, 0.3) is 0 Å². The Balaban J connectivity index is 0.00000200. The van der Waals surface area contributed by atoms with Crippen LogP contribution in [0.25, 0.3) is 0 Å². The van der Waals surface area contributed by atoms with Crippen molar-refractivity contribution in [3.63, 3.8) is 0 Å². The summed E-state index contributed by atoms with van der Waals surface area (Å²) in [7, 11) is 1.66. The summed E-state index contributed by atoms with van der Waals surface area (Å²) in [5.41, 5.74) is 6.25. The number of rotatable bonds is 5. The third kappa shape index (κ3) is 3.85. The third-order valence-corrected chi connectivity index (χ3v) is 3.45. The zero-order chi connectivity index (χ0) is 13.7. The van der Waals surface area contributed by atoms with Crippen molar-refractivity contribution in [2.24, 2.45) is 5.73 Å². The van der Waals surface area contributed by atoms with Crippen LogP contribution in [0.4, 0.5) is 4.79 Å². The maximum absolute atomic E-state index is 11.8. The van der Waals surface area contributed by atoms with E-state index in [0.29, 0.717) is 26.2 Å². The molecule has 1 amide bonds. The molecule has 0 unspecified atom stereocenters. The van der Waals surface area contributed by atoms with Crippen molar-refractivity contribution in [2.45, 2.75) is 18.6 Å². The maximum Gasteiger partial charge on any atom is 0.410 e. The van der Waals surface area contributed by atoms with Gasteiger partial charge >= 0.3 is 6.09 Å². The fourth-order valence-corrected chi connectivity index (χ4v) is 2.24. The van der Waals surface area contributed by atoms with Gasteiger partial charge < -0.3 is 20.1 Å². The Hall–Kier alpha value is -1.30. The molecule has 0 aliphatic carbocycles. The molecule has 1 aromatic carbocycles. The van der Waals surface area contributed by atoms with Gasteiger partial charge in [0.1, 0.15) is 12.2 Å². The van der Waals surface area contributed by atoms with Gasteiger partial charge in [0, 0.05) is 7.11 Å².